The van der Waals surface area contributed by atoms with Gasteiger partial charge in [0.05, 0.1) is 0 Å². The zero-order chi connectivity index (χ0) is 11.1. The lowest BCUT2D eigenvalue weighted by Gasteiger charge is -2.04. The van der Waals surface area contributed by atoms with Crippen LogP contribution in [0.5, 0.6) is 0 Å². The number of hydrogen-bond donors (Lipinski definition) is 1. The Balaban J connectivity index is 2.28. The number of carbonyl (C=O) groups is 1. The molecular weight excluding hydrogens is 206 g/mol. The van der Waals surface area contributed by atoms with Gasteiger partial charge in [-0.25, -0.2) is 0 Å². The van der Waals surface area contributed by atoms with Crippen LogP contribution in [0.15, 0.2) is 29.2 Å². The van der Waals surface area contributed by atoms with Crippen LogP contribution in [0.2, 0.25) is 0 Å². The molecule has 0 aliphatic carbocycles. The number of hydrogen-bond acceptors (Lipinski definition) is 3. The molecule has 0 saturated carbocycles. The average Bonchev–Trinajstić information content (AvgIpc) is 2.25. The maximum atomic E-state index is 10.7. The molecule has 2 nitrogen and oxygen atoms in total. The van der Waals surface area contributed by atoms with E-state index in [9.17, 15) is 4.79 Å². The SMILES string of the molecule is CSc1ccc(CNCCC(C)=O)cc1. The minimum absolute atomic E-state index is 0.236. The number of rotatable bonds is 6. The van der Waals surface area contributed by atoms with Crippen molar-refractivity contribution < 1.29 is 4.79 Å². The topological polar surface area (TPSA) is 29.1 Å². The zero-order valence-electron chi connectivity index (χ0n) is 9.25. The molecule has 0 aliphatic heterocycles. The molecule has 0 heterocycles. The van der Waals surface area contributed by atoms with Gasteiger partial charge in [0, 0.05) is 24.4 Å². The predicted octanol–water partition coefficient (Wildman–Crippen LogP) is 2.48. The van der Waals surface area contributed by atoms with E-state index in [2.05, 4.69) is 35.8 Å². The molecular formula is C12H17NOS. The molecule has 0 aromatic heterocycles. The summed E-state index contributed by atoms with van der Waals surface area (Å²) < 4.78 is 0. The highest BCUT2D eigenvalue weighted by Crippen LogP contribution is 2.14. The summed E-state index contributed by atoms with van der Waals surface area (Å²) in [7, 11) is 0. The van der Waals surface area contributed by atoms with Crippen LogP contribution in [-0.2, 0) is 11.3 Å². The number of Topliss-reactive ketones (excluding diaryl/α,β-unsaturated/α-hetero) is 1. The van der Waals surface area contributed by atoms with Crippen molar-refractivity contribution in [1.82, 2.24) is 5.32 Å². The van der Waals surface area contributed by atoms with Crippen LogP contribution < -0.4 is 5.32 Å². The lowest BCUT2D eigenvalue weighted by molar-refractivity contribution is -0.116. The third kappa shape index (κ3) is 5.00. The number of benzene rings is 1. The lowest BCUT2D eigenvalue weighted by atomic mass is 10.2. The summed E-state index contributed by atoms with van der Waals surface area (Å²) in [6.07, 6.45) is 2.68. The number of nitrogens with one attached hydrogen (secondary N) is 1. The maximum Gasteiger partial charge on any atom is 0.131 e. The summed E-state index contributed by atoms with van der Waals surface area (Å²) in [5.41, 5.74) is 1.26. The van der Waals surface area contributed by atoms with E-state index in [-0.39, 0.29) is 5.78 Å². The van der Waals surface area contributed by atoms with Gasteiger partial charge in [-0.1, -0.05) is 12.1 Å². The smallest absolute Gasteiger partial charge is 0.131 e. The van der Waals surface area contributed by atoms with Crippen molar-refractivity contribution in [3.05, 3.63) is 29.8 Å². The molecule has 1 rings (SSSR count). The second-order valence-corrected chi connectivity index (χ2v) is 4.36. The van der Waals surface area contributed by atoms with E-state index in [0.717, 1.165) is 13.1 Å². The van der Waals surface area contributed by atoms with Crippen molar-refractivity contribution in [2.24, 2.45) is 0 Å². The van der Waals surface area contributed by atoms with Gasteiger partial charge in [0.2, 0.25) is 0 Å². The predicted molar refractivity (Wildman–Crippen MR) is 65.2 cm³/mol. The first-order valence-corrected chi connectivity index (χ1v) is 6.28. The lowest BCUT2D eigenvalue weighted by Crippen LogP contribution is -2.16. The number of thioether (sulfide) groups is 1. The highest BCUT2D eigenvalue weighted by Gasteiger charge is 1.95. The molecule has 82 valence electrons. The van der Waals surface area contributed by atoms with Crippen LogP contribution in [0.1, 0.15) is 18.9 Å². The van der Waals surface area contributed by atoms with Gasteiger partial charge < -0.3 is 5.32 Å². The van der Waals surface area contributed by atoms with Crippen LogP contribution in [0.4, 0.5) is 0 Å². The van der Waals surface area contributed by atoms with Crippen molar-refractivity contribution in [1.29, 1.82) is 0 Å². The van der Waals surface area contributed by atoms with Crippen molar-refractivity contribution in [2.45, 2.75) is 24.8 Å². The summed E-state index contributed by atoms with van der Waals surface area (Å²) in [6.45, 7) is 3.22. The molecule has 0 atom stereocenters. The van der Waals surface area contributed by atoms with Crippen molar-refractivity contribution in [2.75, 3.05) is 12.8 Å². The minimum Gasteiger partial charge on any atom is -0.312 e. The normalized spacial score (nSPS) is 10.3. The molecule has 0 unspecified atom stereocenters. The van der Waals surface area contributed by atoms with Gasteiger partial charge in [0.15, 0.2) is 0 Å². The summed E-state index contributed by atoms with van der Waals surface area (Å²) in [5, 5.41) is 3.24. The number of carbonyl (C=O) groups excluding carboxylic acids is 1. The Morgan fingerprint density at radius 1 is 1.33 bits per heavy atom. The van der Waals surface area contributed by atoms with Crippen LogP contribution in [-0.4, -0.2) is 18.6 Å². The van der Waals surface area contributed by atoms with E-state index in [4.69, 9.17) is 0 Å². The fourth-order valence-corrected chi connectivity index (χ4v) is 1.65. The molecule has 1 N–H and O–H groups in total. The summed E-state index contributed by atoms with van der Waals surface area (Å²) in [5.74, 6) is 0.236. The van der Waals surface area contributed by atoms with Gasteiger partial charge >= 0.3 is 0 Å². The third-order valence-electron chi connectivity index (χ3n) is 2.14. The van der Waals surface area contributed by atoms with Gasteiger partial charge in [0.1, 0.15) is 5.78 Å². The highest BCUT2D eigenvalue weighted by atomic mass is 32.2. The maximum absolute atomic E-state index is 10.7. The Kier molecular flexibility index (Phi) is 5.43. The Hall–Kier alpha value is -0.800. The second kappa shape index (κ2) is 6.64. The molecule has 1 aromatic rings. The fraction of sp³-hybridized carbons (Fsp3) is 0.417. The van der Waals surface area contributed by atoms with Gasteiger partial charge in [-0.3, -0.25) is 4.79 Å². The first-order chi connectivity index (χ1) is 7.22. The van der Waals surface area contributed by atoms with E-state index < -0.39 is 0 Å². The van der Waals surface area contributed by atoms with E-state index in [1.165, 1.54) is 10.5 Å². The van der Waals surface area contributed by atoms with E-state index in [1.54, 1.807) is 18.7 Å². The first kappa shape index (κ1) is 12.3. The van der Waals surface area contributed by atoms with Crippen LogP contribution in [0, 0.1) is 0 Å². The molecule has 3 heteroatoms. The van der Waals surface area contributed by atoms with E-state index in [1.807, 2.05) is 0 Å². The molecule has 0 bridgehead atoms. The fourth-order valence-electron chi connectivity index (χ4n) is 1.24. The van der Waals surface area contributed by atoms with E-state index >= 15 is 0 Å². The Morgan fingerprint density at radius 3 is 2.53 bits per heavy atom. The van der Waals surface area contributed by atoms with Crippen LogP contribution in [0.3, 0.4) is 0 Å². The molecule has 1 aromatic carbocycles. The van der Waals surface area contributed by atoms with E-state index in [0.29, 0.717) is 6.42 Å². The van der Waals surface area contributed by atoms with Crippen LogP contribution in [0.25, 0.3) is 0 Å². The molecule has 0 spiro atoms. The Bertz CT molecular complexity index is 308. The monoisotopic (exact) mass is 223 g/mol. The summed E-state index contributed by atoms with van der Waals surface area (Å²) in [4.78, 5) is 12.0. The molecule has 0 saturated heterocycles. The molecule has 0 aliphatic rings. The second-order valence-electron chi connectivity index (χ2n) is 3.48. The van der Waals surface area contributed by atoms with Gasteiger partial charge in [-0.15, -0.1) is 11.8 Å². The average molecular weight is 223 g/mol. The van der Waals surface area contributed by atoms with Gasteiger partial charge in [-0.05, 0) is 30.9 Å². The first-order valence-electron chi connectivity index (χ1n) is 5.05. The minimum atomic E-state index is 0.236. The highest BCUT2D eigenvalue weighted by molar-refractivity contribution is 7.98. The Labute approximate surface area is 95.5 Å². The van der Waals surface area contributed by atoms with Crippen molar-refractivity contribution >= 4 is 17.5 Å². The summed E-state index contributed by atoms with van der Waals surface area (Å²) in [6, 6.07) is 8.47. The van der Waals surface area contributed by atoms with Crippen molar-refractivity contribution in [3.63, 3.8) is 0 Å². The number of ketones is 1. The quantitative estimate of drug-likeness (QED) is 0.593. The molecule has 0 fully saturated rings. The Morgan fingerprint density at radius 2 is 2.00 bits per heavy atom. The van der Waals surface area contributed by atoms with Gasteiger partial charge in [0.25, 0.3) is 0 Å². The van der Waals surface area contributed by atoms with Gasteiger partial charge in [-0.2, -0.15) is 0 Å². The largest absolute Gasteiger partial charge is 0.312 e. The molecule has 0 radical (unpaired) electrons. The van der Waals surface area contributed by atoms with Crippen molar-refractivity contribution in [3.8, 4) is 0 Å². The third-order valence-corrected chi connectivity index (χ3v) is 2.89. The zero-order valence-corrected chi connectivity index (χ0v) is 10.1. The standard InChI is InChI=1S/C12H17NOS/c1-10(14)7-8-13-9-11-3-5-12(15-2)6-4-11/h3-6,13H,7-9H2,1-2H3. The molecule has 0 amide bonds. The summed E-state index contributed by atoms with van der Waals surface area (Å²) >= 11 is 1.74. The van der Waals surface area contributed by atoms with Crippen LogP contribution >= 0.6 is 11.8 Å². The molecule has 15 heavy (non-hydrogen) atoms.